The standard InChI is InChI=1S/C9H12O3/c1-9(2,11-3)8(10)7-5-4-6-12-7/h4-6H,1-3H3. The lowest BCUT2D eigenvalue weighted by Crippen LogP contribution is -2.33. The van der Waals surface area contributed by atoms with Gasteiger partial charge in [-0.3, -0.25) is 4.79 Å². The number of carbonyl (C=O) groups is 1. The highest BCUT2D eigenvalue weighted by Gasteiger charge is 2.29. The molecule has 1 aromatic heterocycles. The Balaban J connectivity index is 2.86. The molecular weight excluding hydrogens is 156 g/mol. The van der Waals surface area contributed by atoms with E-state index in [9.17, 15) is 4.79 Å². The van der Waals surface area contributed by atoms with Crippen molar-refractivity contribution in [1.29, 1.82) is 0 Å². The van der Waals surface area contributed by atoms with Crippen molar-refractivity contribution in [2.45, 2.75) is 19.4 Å². The summed E-state index contributed by atoms with van der Waals surface area (Å²) < 4.78 is 9.97. The van der Waals surface area contributed by atoms with Crippen molar-refractivity contribution in [2.24, 2.45) is 0 Å². The Morgan fingerprint density at radius 3 is 2.67 bits per heavy atom. The van der Waals surface area contributed by atoms with Gasteiger partial charge >= 0.3 is 0 Å². The van der Waals surface area contributed by atoms with Crippen molar-refractivity contribution in [3.05, 3.63) is 24.2 Å². The smallest absolute Gasteiger partial charge is 0.229 e. The molecule has 0 aliphatic heterocycles. The Kier molecular flexibility index (Phi) is 2.33. The minimum Gasteiger partial charge on any atom is -0.461 e. The molecule has 0 N–H and O–H groups in total. The van der Waals surface area contributed by atoms with E-state index in [1.54, 1.807) is 26.0 Å². The van der Waals surface area contributed by atoms with Gasteiger partial charge in [-0.2, -0.15) is 0 Å². The lowest BCUT2D eigenvalue weighted by Gasteiger charge is -2.19. The van der Waals surface area contributed by atoms with Crippen molar-refractivity contribution in [2.75, 3.05) is 7.11 Å². The molecule has 0 aromatic carbocycles. The van der Waals surface area contributed by atoms with Crippen LogP contribution in [0.5, 0.6) is 0 Å². The average Bonchev–Trinajstić information content (AvgIpc) is 2.55. The van der Waals surface area contributed by atoms with E-state index in [1.165, 1.54) is 13.4 Å². The van der Waals surface area contributed by atoms with Gasteiger partial charge in [0.15, 0.2) is 5.76 Å². The highest BCUT2D eigenvalue weighted by Crippen LogP contribution is 2.16. The van der Waals surface area contributed by atoms with Crippen LogP contribution in [0.2, 0.25) is 0 Å². The van der Waals surface area contributed by atoms with E-state index >= 15 is 0 Å². The van der Waals surface area contributed by atoms with E-state index in [1.807, 2.05) is 0 Å². The molecule has 66 valence electrons. The van der Waals surface area contributed by atoms with E-state index in [4.69, 9.17) is 9.15 Å². The first-order chi connectivity index (χ1) is 5.58. The van der Waals surface area contributed by atoms with Gasteiger partial charge in [-0.05, 0) is 26.0 Å². The van der Waals surface area contributed by atoms with Crippen molar-refractivity contribution in [3.63, 3.8) is 0 Å². The van der Waals surface area contributed by atoms with Crippen LogP contribution < -0.4 is 0 Å². The molecule has 1 rings (SSSR count). The second-order valence-electron chi connectivity index (χ2n) is 3.02. The molecule has 0 aliphatic rings. The van der Waals surface area contributed by atoms with Crippen molar-refractivity contribution in [1.82, 2.24) is 0 Å². The Bertz CT molecular complexity index is 259. The van der Waals surface area contributed by atoms with Crippen molar-refractivity contribution < 1.29 is 13.9 Å². The normalized spacial score (nSPS) is 11.6. The topological polar surface area (TPSA) is 39.4 Å². The SMILES string of the molecule is COC(C)(C)C(=O)c1ccco1. The molecule has 0 spiro atoms. The molecule has 0 saturated carbocycles. The van der Waals surface area contributed by atoms with Crippen molar-refractivity contribution in [3.8, 4) is 0 Å². The molecule has 0 fully saturated rings. The molecular formula is C9H12O3. The number of Topliss-reactive ketones (excluding diaryl/α,β-unsaturated/α-hetero) is 1. The Morgan fingerprint density at radius 2 is 2.25 bits per heavy atom. The lowest BCUT2D eigenvalue weighted by molar-refractivity contribution is 0.0204. The van der Waals surface area contributed by atoms with Gasteiger partial charge in [0.1, 0.15) is 5.60 Å². The number of ketones is 1. The maximum Gasteiger partial charge on any atom is 0.229 e. The molecule has 0 bridgehead atoms. The monoisotopic (exact) mass is 168 g/mol. The van der Waals surface area contributed by atoms with Crippen LogP contribution in [0.25, 0.3) is 0 Å². The van der Waals surface area contributed by atoms with E-state index in [0.717, 1.165) is 0 Å². The van der Waals surface area contributed by atoms with Gasteiger partial charge in [0.25, 0.3) is 0 Å². The molecule has 1 heterocycles. The number of hydrogen-bond donors (Lipinski definition) is 0. The largest absolute Gasteiger partial charge is 0.461 e. The molecule has 0 unspecified atom stereocenters. The molecule has 3 heteroatoms. The van der Waals surface area contributed by atoms with E-state index in [2.05, 4.69) is 0 Å². The summed E-state index contributed by atoms with van der Waals surface area (Å²) in [5.74, 6) is 0.192. The Labute approximate surface area is 71.3 Å². The zero-order valence-electron chi connectivity index (χ0n) is 7.46. The average molecular weight is 168 g/mol. The van der Waals surface area contributed by atoms with Gasteiger partial charge in [-0.15, -0.1) is 0 Å². The highest BCUT2D eigenvalue weighted by molar-refractivity contribution is 5.99. The third kappa shape index (κ3) is 1.56. The molecule has 0 saturated heterocycles. The molecule has 0 atom stereocenters. The maximum absolute atomic E-state index is 11.5. The predicted molar refractivity (Wildman–Crippen MR) is 44.1 cm³/mol. The van der Waals surface area contributed by atoms with Gasteiger partial charge < -0.3 is 9.15 Å². The molecule has 3 nitrogen and oxygen atoms in total. The summed E-state index contributed by atoms with van der Waals surface area (Å²) >= 11 is 0. The van der Waals surface area contributed by atoms with Crippen LogP contribution in [-0.2, 0) is 4.74 Å². The lowest BCUT2D eigenvalue weighted by atomic mass is 10.0. The van der Waals surface area contributed by atoms with Gasteiger partial charge in [0.05, 0.1) is 6.26 Å². The predicted octanol–water partition coefficient (Wildman–Crippen LogP) is 1.89. The second kappa shape index (κ2) is 3.11. The molecule has 0 aliphatic carbocycles. The van der Waals surface area contributed by atoms with Crippen LogP contribution in [0.3, 0.4) is 0 Å². The van der Waals surface area contributed by atoms with E-state index in [-0.39, 0.29) is 5.78 Å². The third-order valence-corrected chi connectivity index (χ3v) is 1.80. The summed E-state index contributed by atoms with van der Waals surface area (Å²) in [5.41, 5.74) is -0.808. The maximum atomic E-state index is 11.5. The van der Waals surface area contributed by atoms with Gasteiger partial charge in [-0.25, -0.2) is 0 Å². The van der Waals surface area contributed by atoms with Gasteiger partial charge in [-0.1, -0.05) is 0 Å². The third-order valence-electron chi connectivity index (χ3n) is 1.80. The number of hydrogen-bond acceptors (Lipinski definition) is 3. The van der Waals surface area contributed by atoms with Crippen LogP contribution in [0.15, 0.2) is 22.8 Å². The summed E-state index contributed by atoms with van der Waals surface area (Å²) in [5, 5.41) is 0. The van der Waals surface area contributed by atoms with Gasteiger partial charge in [0, 0.05) is 7.11 Å². The summed E-state index contributed by atoms with van der Waals surface area (Å²) in [4.78, 5) is 11.5. The first-order valence-corrected chi connectivity index (χ1v) is 3.71. The van der Waals surface area contributed by atoms with Gasteiger partial charge in [0.2, 0.25) is 5.78 Å². The fraction of sp³-hybridized carbons (Fsp3) is 0.444. The Morgan fingerprint density at radius 1 is 1.58 bits per heavy atom. The van der Waals surface area contributed by atoms with Crippen LogP contribution in [-0.4, -0.2) is 18.5 Å². The van der Waals surface area contributed by atoms with Crippen molar-refractivity contribution >= 4 is 5.78 Å². The number of rotatable bonds is 3. The van der Waals surface area contributed by atoms with Crippen LogP contribution in [0.1, 0.15) is 24.4 Å². The zero-order chi connectivity index (χ0) is 9.19. The molecule has 12 heavy (non-hydrogen) atoms. The van der Waals surface area contributed by atoms with Crippen LogP contribution in [0, 0.1) is 0 Å². The summed E-state index contributed by atoms with van der Waals surface area (Å²) in [6, 6.07) is 3.31. The second-order valence-corrected chi connectivity index (χ2v) is 3.02. The first kappa shape index (κ1) is 9.00. The highest BCUT2D eigenvalue weighted by atomic mass is 16.5. The number of carbonyl (C=O) groups excluding carboxylic acids is 1. The van der Waals surface area contributed by atoms with Crippen LogP contribution >= 0.6 is 0 Å². The fourth-order valence-electron chi connectivity index (χ4n) is 0.797. The quantitative estimate of drug-likeness (QED) is 0.647. The van der Waals surface area contributed by atoms with E-state index in [0.29, 0.717) is 5.76 Å². The van der Waals surface area contributed by atoms with Crippen LogP contribution in [0.4, 0.5) is 0 Å². The number of ether oxygens (including phenoxy) is 1. The summed E-state index contributed by atoms with van der Waals surface area (Å²) in [6.45, 7) is 3.41. The number of furan rings is 1. The zero-order valence-corrected chi connectivity index (χ0v) is 7.46. The molecule has 0 amide bonds. The summed E-state index contributed by atoms with van der Waals surface area (Å²) in [7, 11) is 1.50. The molecule has 0 radical (unpaired) electrons. The molecule has 1 aromatic rings. The minimum atomic E-state index is -0.808. The first-order valence-electron chi connectivity index (χ1n) is 3.71. The minimum absolute atomic E-state index is 0.144. The van der Waals surface area contributed by atoms with E-state index < -0.39 is 5.60 Å². The summed E-state index contributed by atoms with van der Waals surface area (Å²) in [6.07, 6.45) is 1.47. The number of methoxy groups -OCH3 is 1. The fourth-order valence-corrected chi connectivity index (χ4v) is 0.797. The Hall–Kier alpha value is -1.09.